The Labute approximate surface area is 272 Å². The van der Waals surface area contributed by atoms with Gasteiger partial charge in [-0.25, -0.2) is 9.07 Å². The largest absolute Gasteiger partial charge is 0.487 e. The van der Waals surface area contributed by atoms with Crippen LogP contribution in [0.15, 0.2) is 65.5 Å². The smallest absolute Gasteiger partial charge is 0.306 e. The third-order valence-corrected chi connectivity index (χ3v) is 8.00. The first-order valence-corrected chi connectivity index (χ1v) is 15.5. The molecule has 1 amide bonds. The Morgan fingerprint density at radius 1 is 1.04 bits per heavy atom. The SMILES string of the molecule is CC(C)(C)OC(=O)CC[C@@H](C(N)=O)n1[nH]c2c(OCc3ccc(CN4CCN(c5ccc(C#N)cc5F)CC4)cc3)cccc2c1=O. The maximum absolute atomic E-state index is 14.5. The van der Waals surface area contributed by atoms with Gasteiger partial charge in [0.05, 0.1) is 22.7 Å². The van der Waals surface area contributed by atoms with E-state index in [1.54, 1.807) is 51.1 Å². The summed E-state index contributed by atoms with van der Waals surface area (Å²) in [5, 5.41) is 12.3. The number of aromatic nitrogens is 2. The molecule has 0 bridgehead atoms. The number of carbonyl (C=O) groups excluding carboxylic acids is 2. The maximum Gasteiger partial charge on any atom is 0.306 e. The molecule has 1 fully saturated rings. The Kier molecular flexibility index (Phi) is 9.96. The fourth-order valence-electron chi connectivity index (χ4n) is 5.65. The summed E-state index contributed by atoms with van der Waals surface area (Å²) < 4.78 is 27.0. The summed E-state index contributed by atoms with van der Waals surface area (Å²) in [6.45, 7) is 9.21. The van der Waals surface area contributed by atoms with E-state index < -0.39 is 29.1 Å². The molecule has 47 heavy (non-hydrogen) atoms. The number of piperazine rings is 1. The number of halogens is 1. The molecule has 1 aliphatic heterocycles. The van der Waals surface area contributed by atoms with Gasteiger partial charge in [0.1, 0.15) is 35.3 Å². The van der Waals surface area contributed by atoms with Crippen molar-refractivity contribution in [1.29, 1.82) is 5.26 Å². The van der Waals surface area contributed by atoms with Crippen LogP contribution in [-0.4, -0.2) is 58.3 Å². The number of carbonyl (C=O) groups is 2. The number of ether oxygens (including phenoxy) is 2. The molecular weight excluding hydrogens is 603 g/mol. The van der Waals surface area contributed by atoms with Crippen LogP contribution in [0.3, 0.4) is 0 Å². The number of nitrogens with one attached hydrogen (secondary N) is 1. The van der Waals surface area contributed by atoms with Gasteiger partial charge in [0, 0.05) is 39.1 Å². The predicted octanol–water partition coefficient (Wildman–Crippen LogP) is 4.39. The molecule has 1 saturated heterocycles. The van der Waals surface area contributed by atoms with E-state index in [4.69, 9.17) is 20.5 Å². The van der Waals surface area contributed by atoms with Gasteiger partial charge < -0.3 is 20.1 Å². The molecule has 4 aromatic rings. The van der Waals surface area contributed by atoms with E-state index in [9.17, 15) is 18.8 Å². The summed E-state index contributed by atoms with van der Waals surface area (Å²) in [6.07, 6.45) is -0.0777. The fraction of sp³-hybridized carbons (Fsp3) is 0.371. The minimum Gasteiger partial charge on any atom is -0.487 e. The lowest BCUT2D eigenvalue weighted by molar-refractivity contribution is -0.155. The van der Waals surface area contributed by atoms with Crippen LogP contribution in [0.5, 0.6) is 5.75 Å². The predicted molar refractivity (Wildman–Crippen MR) is 175 cm³/mol. The molecule has 0 unspecified atom stereocenters. The molecule has 12 heteroatoms. The molecule has 1 aliphatic rings. The zero-order valence-corrected chi connectivity index (χ0v) is 26.8. The van der Waals surface area contributed by atoms with Gasteiger partial charge in [-0.1, -0.05) is 30.3 Å². The Bertz CT molecular complexity index is 1850. The molecule has 1 aromatic heterocycles. The molecule has 3 N–H and O–H groups in total. The molecule has 0 saturated carbocycles. The summed E-state index contributed by atoms with van der Waals surface area (Å²) >= 11 is 0. The molecule has 11 nitrogen and oxygen atoms in total. The molecule has 246 valence electrons. The van der Waals surface area contributed by atoms with Crippen molar-refractivity contribution in [3.63, 3.8) is 0 Å². The van der Waals surface area contributed by atoms with Crippen molar-refractivity contribution in [2.24, 2.45) is 5.73 Å². The van der Waals surface area contributed by atoms with Crippen molar-refractivity contribution in [1.82, 2.24) is 14.7 Å². The van der Waals surface area contributed by atoms with E-state index in [0.29, 0.717) is 41.0 Å². The topological polar surface area (TPSA) is 147 Å². The minimum atomic E-state index is -1.07. The average Bonchev–Trinajstić information content (AvgIpc) is 3.36. The molecule has 0 spiro atoms. The number of H-pyrrole nitrogens is 1. The molecule has 5 rings (SSSR count). The summed E-state index contributed by atoms with van der Waals surface area (Å²) in [4.78, 5) is 42.1. The highest BCUT2D eigenvalue weighted by Crippen LogP contribution is 2.26. The highest BCUT2D eigenvalue weighted by atomic mass is 19.1. The molecule has 0 aliphatic carbocycles. The first-order chi connectivity index (χ1) is 22.4. The third-order valence-electron chi connectivity index (χ3n) is 8.00. The van der Waals surface area contributed by atoms with Gasteiger partial charge in [-0.2, -0.15) is 5.26 Å². The number of fused-ring (bicyclic) bond motifs is 1. The molecule has 1 atom stereocenters. The lowest BCUT2D eigenvalue weighted by Crippen LogP contribution is -2.46. The second-order valence-corrected chi connectivity index (χ2v) is 12.7. The van der Waals surface area contributed by atoms with Crippen LogP contribution in [0.25, 0.3) is 10.9 Å². The zero-order valence-electron chi connectivity index (χ0n) is 26.8. The number of hydrogen-bond donors (Lipinski definition) is 2. The first kappa shape index (κ1) is 33.2. The number of amides is 1. The zero-order chi connectivity index (χ0) is 33.7. The number of nitrogens with zero attached hydrogens (tertiary/aromatic N) is 4. The van der Waals surface area contributed by atoms with Crippen molar-refractivity contribution in [2.75, 3.05) is 31.1 Å². The van der Waals surface area contributed by atoms with E-state index in [2.05, 4.69) is 10.00 Å². The van der Waals surface area contributed by atoms with Crippen LogP contribution < -0.4 is 20.9 Å². The number of rotatable bonds is 11. The van der Waals surface area contributed by atoms with E-state index in [1.165, 1.54) is 6.07 Å². The van der Waals surface area contributed by atoms with Gasteiger partial charge in [0.25, 0.3) is 5.56 Å². The van der Waals surface area contributed by atoms with E-state index in [0.717, 1.165) is 35.4 Å². The summed E-state index contributed by atoms with van der Waals surface area (Å²) in [5.74, 6) is -1.16. The number of benzene rings is 3. The number of aromatic amines is 1. The van der Waals surface area contributed by atoms with E-state index in [1.807, 2.05) is 35.2 Å². The number of hydrogen-bond acceptors (Lipinski definition) is 8. The number of primary amides is 1. The highest BCUT2D eigenvalue weighted by Gasteiger charge is 2.26. The van der Waals surface area contributed by atoms with Gasteiger partial charge in [-0.3, -0.25) is 24.4 Å². The number of nitrogens with two attached hydrogens (primary N) is 1. The van der Waals surface area contributed by atoms with Gasteiger partial charge in [-0.05, 0) is 68.7 Å². The van der Waals surface area contributed by atoms with Gasteiger partial charge in [0.2, 0.25) is 5.91 Å². The Morgan fingerprint density at radius 3 is 2.38 bits per heavy atom. The van der Waals surface area contributed by atoms with Crippen LogP contribution in [0.4, 0.5) is 10.1 Å². The average molecular weight is 643 g/mol. The third kappa shape index (κ3) is 8.17. The minimum absolute atomic E-state index is 0.00484. The Balaban J connectivity index is 1.18. The number of para-hydroxylation sites is 1. The lowest BCUT2D eigenvalue weighted by atomic mass is 10.1. The second-order valence-electron chi connectivity index (χ2n) is 12.7. The van der Waals surface area contributed by atoms with Gasteiger partial charge >= 0.3 is 5.97 Å². The number of anilines is 1. The highest BCUT2D eigenvalue weighted by molar-refractivity contribution is 5.85. The maximum atomic E-state index is 14.5. The summed E-state index contributed by atoms with van der Waals surface area (Å²) in [7, 11) is 0. The van der Waals surface area contributed by atoms with Crippen molar-refractivity contribution in [2.45, 2.75) is 58.4 Å². The molecular formula is C35H39FN6O5. The normalized spacial score (nSPS) is 14.5. The van der Waals surface area contributed by atoms with Gasteiger partial charge in [0.15, 0.2) is 0 Å². The van der Waals surface area contributed by atoms with Crippen LogP contribution in [-0.2, 0) is 27.5 Å². The van der Waals surface area contributed by atoms with Gasteiger partial charge in [-0.15, -0.1) is 0 Å². The van der Waals surface area contributed by atoms with Crippen molar-refractivity contribution in [3.05, 3.63) is 93.5 Å². The monoisotopic (exact) mass is 642 g/mol. The van der Waals surface area contributed by atoms with Crippen LogP contribution in [0.1, 0.15) is 56.3 Å². The van der Waals surface area contributed by atoms with Crippen LogP contribution in [0, 0.1) is 17.1 Å². The first-order valence-electron chi connectivity index (χ1n) is 15.5. The standard InChI is InChI=1S/C35H39FN6O5/c1-35(2,3)47-31(43)14-13-29(33(38)44)42-34(45)26-5-4-6-30(32(26)39-42)46-22-24-9-7-23(8-10-24)21-40-15-17-41(18-16-40)28-12-11-25(20-37)19-27(28)36/h4-12,19,29,39H,13-18,21-22H2,1-3H3,(H2,38,44)/t29-/m0/s1. The molecule has 3 aromatic carbocycles. The Morgan fingerprint density at radius 2 is 1.74 bits per heavy atom. The van der Waals surface area contributed by atoms with Crippen molar-refractivity contribution in [3.8, 4) is 11.8 Å². The summed E-state index contributed by atoms with van der Waals surface area (Å²) in [5.41, 5.74) is 7.86. The Hall–Kier alpha value is -5.15. The van der Waals surface area contributed by atoms with Crippen LogP contribution >= 0.6 is 0 Å². The van der Waals surface area contributed by atoms with Crippen molar-refractivity contribution >= 4 is 28.5 Å². The molecule has 0 radical (unpaired) electrons. The lowest BCUT2D eigenvalue weighted by Gasteiger charge is -2.36. The van der Waals surface area contributed by atoms with Crippen molar-refractivity contribution < 1.29 is 23.5 Å². The second kappa shape index (κ2) is 14.1. The number of esters is 1. The molecule has 2 heterocycles. The summed E-state index contributed by atoms with van der Waals surface area (Å²) in [6, 6.07) is 18.6. The van der Waals surface area contributed by atoms with Crippen LogP contribution in [0.2, 0.25) is 0 Å². The quantitative estimate of drug-likeness (QED) is 0.229. The van der Waals surface area contributed by atoms with E-state index in [-0.39, 0.29) is 25.3 Å². The fourth-order valence-corrected chi connectivity index (χ4v) is 5.65. The van der Waals surface area contributed by atoms with E-state index >= 15 is 0 Å². The number of nitriles is 1.